The maximum absolute atomic E-state index is 13.2. The maximum Gasteiger partial charge on any atom is 0.229 e. The number of hydrogen-bond donors (Lipinski definition) is 1. The van der Waals surface area contributed by atoms with Crippen LogP contribution in [0.1, 0.15) is 70.3 Å². The number of halogens is 1. The zero-order chi connectivity index (χ0) is 27.0. The predicted molar refractivity (Wildman–Crippen MR) is 160 cm³/mol. The molecule has 39 heavy (non-hydrogen) atoms. The predicted octanol–water partition coefficient (Wildman–Crippen LogP) is 6.45. The number of sulfonamides is 1. The Balaban J connectivity index is 0.00000420. The summed E-state index contributed by atoms with van der Waals surface area (Å²) in [4.78, 5) is 17.9. The van der Waals surface area contributed by atoms with Crippen LogP contribution in [-0.2, 0) is 21.4 Å². The van der Waals surface area contributed by atoms with Gasteiger partial charge >= 0.3 is 0 Å². The topological polar surface area (TPSA) is 79.0 Å². The number of amides is 1. The van der Waals surface area contributed by atoms with E-state index in [0.29, 0.717) is 29.3 Å². The highest BCUT2D eigenvalue weighted by atomic mass is 35.5. The zero-order valence-electron chi connectivity index (χ0n) is 23.3. The first kappa shape index (κ1) is 31.2. The summed E-state index contributed by atoms with van der Waals surface area (Å²) in [5.74, 6) is 2.37. The van der Waals surface area contributed by atoms with Crippen molar-refractivity contribution >= 4 is 34.0 Å². The number of benzene rings is 2. The molecule has 1 heterocycles. The fourth-order valence-corrected chi connectivity index (χ4v) is 6.32. The Labute approximate surface area is 240 Å². The van der Waals surface area contributed by atoms with Crippen molar-refractivity contribution in [2.24, 2.45) is 5.92 Å². The molecule has 0 atom stereocenters. The number of carbonyl (C=O) groups excluding carboxylic acids is 1. The molecule has 9 heteroatoms. The van der Waals surface area contributed by atoms with E-state index in [1.807, 2.05) is 12.1 Å². The molecule has 0 unspecified atom stereocenters. The van der Waals surface area contributed by atoms with Gasteiger partial charge in [0, 0.05) is 44.3 Å². The van der Waals surface area contributed by atoms with Gasteiger partial charge in [0.25, 0.3) is 0 Å². The van der Waals surface area contributed by atoms with Crippen LogP contribution in [0.3, 0.4) is 0 Å². The van der Waals surface area contributed by atoms with Crippen molar-refractivity contribution in [3.63, 3.8) is 0 Å². The maximum atomic E-state index is 13.2. The van der Waals surface area contributed by atoms with Crippen molar-refractivity contribution in [3.05, 3.63) is 54.1 Å². The smallest absolute Gasteiger partial charge is 0.229 e. The van der Waals surface area contributed by atoms with E-state index in [0.717, 1.165) is 63.9 Å². The lowest BCUT2D eigenvalue weighted by molar-refractivity contribution is -0.135. The van der Waals surface area contributed by atoms with E-state index in [1.54, 1.807) is 24.3 Å². The molecular formula is C30H44ClN3O4S. The third kappa shape index (κ3) is 10.00. The standard InChI is InChI=1S/C30H43N3O4S.ClH/c1-3-19-33(30(34)22-24-7-5-4-6-8-24)27-17-20-32(21-18-27)23-25-9-13-28(14-10-25)37-29-15-11-26(12-16-29)31-38(2,35)36;/h9-16,24,27,31H,3-8,17-23H2,1-2H3;1H. The summed E-state index contributed by atoms with van der Waals surface area (Å²) in [6.45, 7) is 5.97. The van der Waals surface area contributed by atoms with Crippen LogP contribution in [-0.4, -0.2) is 56.1 Å². The number of hydrogen-bond acceptors (Lipinski definition) is 5. The van der Waals surface area contributed by atoms with Crippen molar-refractivity contribution < 1.29 is 17.9 Å². The minimum absolute atomic E-state index is 0. The summed E-state index contributed by atoms with van der Waals surface area (Å²) in [7, 11) is -3.30. The van der Waals surface area contributed by atoms with Gasteiger partial charge in [0.1, 0.15) is 11.5 Å². The normalized spacial score (nSPS) is 17.3. The quantitative estimate of drug-likeness (QED) is 0.332. The van der Waals surface area contributed by atoms with E-state index in [2.05, 4.69) is 33.6 Å². The third-order valence-corrected chi connectivity index (χ3v) is 8.30. The number of anilines is 1. The first-order chi connectivity index (χ1) is 18.3. The fraction of sp³-hybridized carbons (Fsp3) is 0.567. The minimum Gasteiger partial charge on any atom is -0.457 e. The second kappa shape index (κ2) is 14.9. The van der Waals surface area contributed by atoms with Crippen molar-refractivity contribution in [1.29, 1.82) is 0 Å². The lowest BCUT2D eigenvalue weighted by atomic mass is 9.86. The van der Waals surface area contributed by atoms with Gasteiger partial charge in [0.2, 0.25) is 15.9 Å². The molecule has 2 aromatic carbocycles. The number of carbonyl (C=O) groups is 1. The van der Waals surface area contributed by atoms with Crippen molar-refractivity contribution in [2.75, 3.05) is 30.6 Å². The summed E-state index contributed by atoms with van der Waals surface area (Å²) >= 11 is 0. The Morgan fingerprint density at radius 3 is 2.10 bits per heavy atom. The van der Waals surface area contributed by atoms with Crippen LogP contribution in [0.4, 0.5) is 5.69 Å². The Hall–Kier alpha value is -2.29. The van der Waals surface area contributed by atoms with Crippen LogP contribution in [0.5, 0.6) is 11.5 Å². The first-order valence-corrected chi connectivity index (χ1v) is 16.0. The summed E-state index contributed by atoms with van der Waals surface area (Å²) in [5, 5.41) is 0. The lowest BCUT2D eigenvalue weighted by Gasteiger charge is -2.39. The highest BCUT2D eigenvalue weighted by Crippen LogP contribution is 2.29. The molecule has 1 saturated carbocycles. The molecule has 7 nitrogen and oxygen atoms in total. The molecule has 1 saturated heterocycles. The summed E-state index contributed by atoms with van der Waals surface area (Å²) < 4.78 is 31.1. The average molecular weight is 578 g/mol. The number of nitrogens with one attached hydrogen (secondary N) is 1. The monoisotopic (exact) mass is 577 g/mol. The molecule has 1 amide bonds. The van der Waals surface area contributed by atoms with Crippen molar-refractivity contribution in [2.45, 2.75) is 77.3 Å². The summed E-state index contributed by atoms with van der Waals surface area (Å²) in [5.41, 5.74) is 1.74. The highest BCUT2D eigenvalue weighted by Gasteiger charge is 2.29. The van der Waals surface area contributed by atoms with Crippen molar-refractivity contribution in [3.8, 4) is 11.5 Å². The van der Waals surface area contributed by atoms with Crippen LogP contribution < -0.4 is 9.46 Å². The molecule has 1 aliphatic carbocycles. The molecule has 2 fully saturated rings. The third-order valence-electron chi connectivity index (χ3n) is 7.69. The van der Waals surface area contributed by atoms with Gasteiger partial charge in [-0.1, -0.05) is 38.3 Å². The summed E-state index contributed by atoms with van der Waals surface area (Å²) in [6.07, 6.45) is 11.3. The van der Waals surface area contributed by atoms with E-state index in [9.17, 15) is 13.2 Å². The molecule has 0 aromatic heterocycles. The van der Waals surface area contributed by atoms with Crippen molar-refractivity contribution in [1.82, 2.24) is 9.80 Å². The molecule has 216 valence electrons. The Morgan fingerprint density at radius 1 is 0.949 bits per heavy atom. The number of rotatable bonds is 11. The van der Waals surface area contributed by atoms with Crippen LogP contribution in [0.15, 0.2) is 48.5 Å². The van der Waals surface area contributed by atoms with Crippen LogP contribution >= 0.6 is 12.4 Å². The zero-order valence-corrected chi connectivity index (χ0v) is 24.9. The second-order valence-electron chi connectivity index (χ2n) is 10.9. The van der Waals surface area contributed by atoms with Gasteiger partial charge < -0.3 is 9.64 Å². The number of nitrogens with zero attached hydrogens (tertiary/aromatic N) is 2. The van der Waals surface area contributed by atoms with Gasteiger partial charge in [-0.3, -0.25) is 14.4 Å². The van der Waals surface area contributed by atoms with E-state index >= 15 is 0 Å². The van der Waals surface area contributed by atoms with Crippen LogP contribution in [0.2, 0.25) is 0 Å². The van der Waals surface area contributed by atoms with Gasteiger partial charge in [0.05, 0.1) is 6.26 Å². The Kier molecular flexibility index (Phi) is 11.9. The van der Waals surface area contributed by atoms with E-state index < -0.39 is 10.0 Å². The first-order valence-electron chi connectivity index (χ1n) is 14.2. The van der Waals surface area contributed by atoms with Crippen LogP contribution in [0, 0.1) is 5.92 Å². The molecule has 0 bridgehead atoms. The fourth-order valence-electron chi connectivity index (χ4n) is 5.76. The van der Waals surface area contributed by atoms with Gasteiger partial charge in [-0.2, -0.15) is 0 Å². The SMILES string of the molecule is CCCN(C(=O)CC1CCCCC1)C1CCN(Cc2ccc(Oc3ccc(NS(C)(=O)=O)cc3)cc2)CC1.Cl. The van der Waals surface area contributed by atoms with Gasteiger partial charge in [-0.05, 0) is 80.0 Å². The number of ether oxygens (including phenoxy) is 1. The number of likely N-dealkylation sites (tertiary alicyclic amines) is 1. The molecule has 2 aromatic rings. The molecule has 2 aliphatic rings. The molecular weight excluding hydrogens is 534 g/mol. The van der Waals surface area contributed by atoms with E-state index in [-0.39, 0.29) is 12.4 Å². The van der Waals surface area contributed by atoms with Gasteiger partial charge in [0.15, 0.2) is 0 Å². The van der Waals surface area contributed by atoms with E-state index in [4.69, 9.17) is 4.74 Å². The molecule has 4 rings (SSSR count). The lowest BCUT2D eigenvalue weighted by Crippen LogP contribution is -2.47. The number of piperidine rings is 1. The Morgan fingerprint density at radius 2 is 1.54 bits per heavy atom. The summed E-state index contributed by atoms with van der Waals surface area (Å²) in [6, 6.07) is 15.3. The molecule has 1 N–H and O–H groups in total. The molecule has 0 spiro atoms. The second-order valence-corrected chi connectivity index (χ2v) is 12.7. The highest BCUT2D eigenvalue weighted by molar-refractivity contribution is 7.92. The van der Waals surface area contributed by atoms with Gasteiger partial charge in [-0.25, -0.2) is 8.42 Å². The van der Waals surface area contributed by atoms with Gasteiger partial charge in [-0.15, -0.1) is 12.4 Å². The average Bonchev–Trinajstić information content (AvgIpc) is 2.90. The largest absolute Gasteiger partial charge is 0.457 e. The van der Waals surface area contributed by atoms with E-state index in [1.165, 1.54) is 37.7 Å². The minimum atomic E-state index is -3.30. The molecule has 0 radical (unpaired) electrons. The molecule has 1 aliphatic heterocycles. The Bertz CT molecular complexity index is 1130. The van der Waals surface area contributed by atoms with Crippen LogP contribution in [0.25, 0.3) is 0 Å².